The molecule has 0 radical (unpaired) electrons. The zero-order valence-electron chi connectivity index (χ0n) is 14.5. The highest BCUT2D eigenvalue weighted by Gasteiger charge is 2.24. The largest absolute Gasteiger partial charge is 0.381 e. The molecule has 0 bridgehead atoms. The van der Waals surface area contributed by atoms with E-state index in [2.05, 4.69) is 20.8 Å². The predicted molar refractivity (Wildman–Crippen MR) is 99.7 cm³/mol. The fourth-order valence-electron chi connectivity index (χ4n) is 3.32. The van der Waals surface area contributed by atoms with Crippen molar-refractivity contribution in [3.05, 3.63) is 54.2 Å². The zero-order valence-corrected chi connectivity index (χ0v) is 14.5. The Hall–Kier alpha value is -3.16. The first-order valence-corrected chi connectivity index (χ1v) is 8.79. The number of hydrogen-bond acceptors (Lipinski definition) is 3. The van der Waals surface area contributed by atoms with E-state index in [1.165, 1.54) is 6.07 Å². The van der Waals surface area contributed by atoms with Crippen molar-refractivity contribution in [3.8, 4) is 0 Å². The molecular weight excluding hydrogens is 352 g/mol. The molecule has 2 heterocycles. The first kappa shape index (κ1) is 17.3. The minimum atomic E-state index is -0.986. The molecule has 0 saturated carbocycles. The van der Waals surface area contributed by atoms with Gasteiger partial charge in [-0.05, 0) is 43.2 Å². The molecule has 2 aromatic carbocycles. The molecule has 1 saturated heterocycles. The predicted octanol–water partition coefficient (Wildman–Crippen LogP) is 3.95. The van der Waals surface area contributed by atoms with Crippen LogP contribution >= 0.6 is 0 Å². The van der Waals surface area contributed by atoms with Gasteiger partial charge in [0, 0.05) is 42.0 Å². The summed E-state index contributed by atoms with van der Waals surface area (Å²) < 4.78 is 26.3. The third-order valence-corrected chi connectivity index (χ3v) is 4.69. The van der Waals surface area contributed by atoms with Crippen molar-refractivity contribution in [3.63, 3.8) is 0 Å². The summed E-state index contributed by atoms with van der Waals surface area (Å²) in [6, 6.07) is 9.05. The Labute approximate surface area is 154 Å². The maximum Gasteiger partial charge on any atom is 0.321 e. The lowest BCUT2D eigenvalue weighted by atomic mass is 10.1. The summed E-state index contributed by atoms with van der Waals surface area (Å²) in [6.45, 7) is 1.15. The number of anilines is 2. The molecule has 1 aliphatic heterocycles. The number of rotatable bonds is 3. The van der Waals surface area contributed by atoms with Crippen LogP contribution in [0, 0.1) is 11.6 Å². The van der Waals surface area contributed by atoms with Crippen LogP contribution in [0.15, 0.2) is 42.6 Å². The molecule has 1 atom stereocenters. The first-order valence-electron chi connectivity index (χ1n) is 8.79. The Balaban J connectivity index is 1.39. The van der Waals surface area contributed by atoms with Crippen LogP contribution in [-0.4, -0.2) is 40.3 Å². The van der Waals surface area contributed by atoms with Crippen LogP contribution in [0.25, 0.3) is 10.9 Å². The quantitative estimate of drug-likeness (QED) is 0.653. The van der Waals surface area contributed by atoms with Gasteiger partial charge < -0.3 is 15.5 Å². The molecule has 8 heteroatoms. The SMILES string of the molecule is O=C(Nc1ccc(F)c(F)c1)N1CCCC(Nc2ccc3[nH]ncc3c2)C1. The highest BCUT2D eigenvalue weighted by Crippen LogP contribution is 2.21. The number of H-pyrrole nitrogens is 1. The number of piperidine rings is 1. The molecule has 0 spiro atoms. The fourth-order valence-corrected chi connectivity index (χ4v) is 3.32. The lowest BCUT2D eigenvalue weighted by molar-refractivity contribution is 0.196. The number of nitrogens with zero attached hydrogens (tertiary/aromatic N) is 2. The summed E-state index contributed by atoms with van der Waals surface area (Å²) in [5, 5.41) is 14.0. The van der Waals surface area contributed by atoms with E-state index in [-0.39, 0.29) is 17.8 Å². The number of carbonyl (C=O) groups excluding carboxylic acids is 1. The summed E-state index contributed by atoms with van der Waals surface area (Å²) in [5.74, 6) is -1.93. The van der Waals surface area contributed by atoms with E-state index in [1.807, 2.05) is 18.2 Å². The fraction of sp³-hybridized carbons (Fsp3) is 0.263. The Morgan fingerprint density at radius 1 is 1.15 bits per heavy atom. The molecule has 1 fully saturated rings. The van der Waals surface area contributed by atoms with Crippen LogP contribution in [0.1, 0.15) is 12.8 Å². The Morgan fingerprint density at radius 2 is 2.00 bits per heavy atom. The second-order valence-electron chi connectivity index (χ2n) is 6.66. The first-order chi connectivity index (χ1) is 13.1. The smallest absolute Gasteiger partial charge is 0.321 e. The van der Waals surface area contributed by atoms with Crippen LogP contribution in [0.4, 0.5) is 25.0 Å². The number of urea groups is 1. The van der Waals surface area contributed by atoms with E-state index in [0.29, 0.717) is 13.1 Å². The molecule has 1 aromatic heterocycles. The topological polar surface area (TPSA) is 73.1 Å². The molecular formula is C19H19F2N5O. The van der Waals surface area contributed by atoms with Crippen LogP contribution in [0.2, 0.25) is 0 Å². The van der Waals surface area contributed by atoms with E-state index in [1.54, 1.807) is 11.1 Å². The molecule has 6 nitrogen and oxygen atoms in total. The number of hydrogen-bond donors (Lipinski definition) is 3. The third-order valence-electron chi connectivity index (χ3n) is 4.69. The zero-order chi connectivity index (χ0) is 18.8. The van der Waals surface area contributed by atoms with Gasteiger partial charge in [-0.2, -0.15) is 5.10 Å². The highest BCUT2D eigenvalue weighted by molar-refractivity contribution is 5.89. The second-order valence-corrected chi connectivity index (χ2v) is 6.66. The number of carbonyl (C=O) groups is 1. The van der Waals surface area contributed by atoms with Crippen LogP contribution in [0.3, 0.4) is 0 Å². The van der Waals surface area contributed by atoms with Gasteiger partial charge in [0.05, 0.1) is 11.7 Å². The monoisotopic (exact) mass is 371 g/mol. The number of fused-ring (bicyclic) bond motifs is 1. The minimum absolute atomic E-state index is 0.110. The molecule has 1 unspecified atom stereocenters. The van der Waals surface area contributed by atoms with Crippen molar-refractivity contribution in [2.24, 2.45) is 0 Å². The molecule has 3 aromatic rings. The minimum Gasteiger partial charge on any atom is -0.381 e. The Kier molecular flexibility index (Phi) is 4.62. The highest BCUT2D eigenvalue weighted by atomic mass is 19.2. The van der Waals surface area contributed by atoms with Gasteiger partial charge in [-0.1, -0.05) is 0 Å². The van der Waals surface area contributed by atoms with Gasteiger partial charge in [-0.25, -0.2) is 13.6 Å². The van der Waals surface area contributed by atoms with Gasteiger partial charge in [0.1, 0.15) is 0 Å². The van der Waals surface area contributed by atoms with Crippen molar-refractivity contribution in [2.45, 2.75) is 18.9 Å². The molecule has 140 valence electrons. The number of nitrogens with one attached hydrogen (secondary N) is 3. The molecule has 1 aliphatic rings. The van der Waals surface area contributed by atoms with Crippen molar-refractivity contribution in [1.29, 1.82) is 0 Å². The van der Waals surface area contributed by atoms with Crippen LogP contribution in [-0.2, 0) is 0 Å². The average molecular weight is 371 g/mol. The summed E-state index contributed by atoms with van der Waals surface area (Å²) in [4.78, 5) is 14.1. The van der Waals surface area contributed by atoms with Crippen molar-refractivity contribution < 1.29 is 13.6 Å². The summed E-state index contributed by atoms with van der Waals surface area (Å²) >= 11 is 0. The normalized spacial score (nSPS) is 17.1. The van der Waals surface area contributed by atoms with Gasteiger partial charge >= 0.3 is 6.03 Å². The molecule has 2 amide bonds. The second kappa shape index (κ2) is 7.22. The lowest BCUT2D eigenvalue weighted by Crippen LogP contribution is -2.46. The maximum atomic E-state index is 13.3. The summed E-state index contributed by atoms with van der Waals surface area (Å²) in [7, 11) is 0. The maximum absolute atomic E-state index is 13.3. The number of aromatic amines is 1. The number of likely N-dealkylation sites (tertiary alicyclic amines) is 1. The molecule has 27 heavy (non-hydrogen) atoms. The van der Waals surface area contributed by atoms with Crippen LogP contribution in [0.5, 0.6) is 0 Å². The molecule has 3 N–H and O–H groups in total. The van der Waals surface area contributed by atoms with Crippen molar-refractivity contribution >= 4 is 28.3 Å². The van der Waals surface area contributed by atoms with E-state index in [0.717, 1.165) is 41.6 Å². The van der Waals surface area contributed by atoms with Gasteiger partial charge in [-0.3, -0.25) is 5.10 Å². The van der Waals surface area contributed by atoms with E-state index < -0.39 is 11.6 Å². The summed E-state index contributed by atoms with van der Waals surface area (Å²) in [6.07, 6.45) is 3.57. The average Bonchev–Trinajstić information content (AvgIpc) is 3.13. The standard InChI is InChI=1S/C19H19F2N5O/c20-16-5-3-14(9-17(16)21)24-19(27)26-7-1-2-15(11-26)23-13-4-6-18-12(8-13)10-22-25-18/h3-6,8-10,15,23H,1-2,7,11H2,(H,22,25)(H,24,27). The van der Waals surface area contributed by atoms with Crippen molar-refractivity contribution in [1.82, 2.24) is 15.1 Å². The van der Waals surface area contributed by atoms with Crippen LogP contribution < -0.4 is 10.6 Å². The van der Waals surface area contributed by atoms with Gasteiger partial charge in [0.15, 0.2) is 11.6 Å². The van der Waals surface area contributed by atoms with Crippen molar-refractivity contribution in [2.75, 3.05) is 23.7 Å². The number of benzene rings is 2. The van der Waals surface area contributed by atoms with E-state index in [9.17, 15) is 13.6 Å². The third kappa shape index (κ3) is 3.84. The van der Waals surface area contributed by atoms with Gasteiger partial charge in [0.2, 0.25) is 0 Å². The number of halogens is 2. The van der Waals surface area contributed by atoms with Gasteiger partial charge in [0.25, 0.3) is 0 Å². The number of aromatic nitrogens is 2. The Morgan fingerprint density at radius 3 is 2.85 bits per heavy atom. The van der Waals surface area contributed by atoms with E-state index in [4.69, 9.17) is 0 Å². The molecule has 0 aliphatic carbocycles. The van der Waals surface area contributed by atoms with E-state index >= 15 is 0 Å². The van der Waals surface area contributed by atoms with Gasteiger partial charge in [-0.15, -0.1) is 0 Å². The molecule has 4 rings (SSSR count). The lowest BCUT2D eigenvalue weighted by Gasteiger charge is -2.33. The Bertz CT molecular complexity index is 974. The summed E-state index contributed by atoms with van der Waals surface area (Å²) in [5.41, 5.74) is 2.17. The number of amides is 2.